The van der Waals surface area contributed by atoms with Crippen molar-refractivity contribution in [1.82, 2.24) is 14.1 Å². The Morgan fingerprint density at radius 1 is 1.14 bits per heavy atom. The summed E-state index contributed by atoms with van der Waals surface area (Å²) in [4.78, 5) is 40.4. The predicted molar refractivity (Wildman–Crippen MR) is 108 cm³/mol. The van der Waals surface area contributed by atoms with Crippen LogP contribution in [0.2, 0.25) is 0 Å². The second-order valence-corrected chi connectivity index (χ2v) is 6.29. The van der Waals surface area contributed by atoms with E-state index in [0.29, 0.717) is 11.3 Å². The topological polar surface area (TPSA) is 122 Å². The first kappa shape index (κ1) is 19.6. The average Bonchev–Trinajstić information content (AvgIpc) is 2.74. The maximum absolute atomic E-state index is 12.3. The standard InChI is InChI=1S/C20H18N6O3/c1-25-17(16(11-21)19(28)26(2)20(25)29)23-12-13-4-3-5-15(10-13)24-18(27)14-6-8-22-9-7-14/h3-10,23H,12H2,1-2H3,(H,24,27). The second-order valence-electron chi connectivity index (χ2n) is 6.29. The third-order valence-electron chi connectivity index (χ3n) is 4.36. The molecule has 0 unspecified atom stereocenters. The first-order valence-electron chi connectivity index (χ1n) is 8.66. The van der Waals surface area contributed by atoms with Crippen molar-refractivity contribution in [3.63, 3.8) is 0 Å². The van der Waals surface area contributed by atoms with Gasteiger partial charge in [0.2, 0.25) is 0 Å². The van der Waals surface area contributed by atoms with E-state index in [1.165, 1.54) is 31.1 Å². The van der Waals surface area contributed by atoms with Crippen molar-refractivity contribution in [3.8, 4) is 6.07 Å². The minimum Gasteiger partial charge on any atom is -0.366 e. The van der Waals surface area contributed by atoms with Gasteiger partial charge in [-0.25, -0.2) is 4.79 Å². The highest BCUT2D eigenvalue weighted by Gasteiger charge is 2.15. The SMILES string of the molecule is Cn1c(NCc2cccc(NC(=O)c3ccncc3)c2)c(C#N)c(=O)n(C)c1=O. The van der Waals surface area contributed by atoms with Crippen LogP contribution in [0.5, 0.6) is 0 Å². The zero-order valence-electron chi connectivity index (χ0n) is 15.8. The fraction of sp³-hybridized carbons (Fsp3) is 0.150. The third-order valence-corrected chi connectivity index (χ3v) is 4.36. The van der Waals surface area contributed by atoms with Crippen molar-refractivity contribution in [1.29, 1.82) is 5.26 Å². The fourth-order valence-corrected chi connectivity index (χ4v) is 2.80. The zero-order chi connectivity index (χ0) is 21.0. The van der Waals surface area contributed by atoms with Gasteiger partial charge in [-0.2, -0.15) is 5.26 Å². The average molecular weight is 390 g/mol. The van der Waals surface area contributed by atoms with Gasteiger partial charge in [0, 0.05) is 44.3 Å². The number of aromatic nitrogens is 3. The molecule has 0 fully saturated rings. The second kappa shape index (κ2) is 8.22. The van der Waals surface area contributed by atoms with E-state index in [2.05, 4.69) is 15.6 Å². The molecule has 0 aliphatic heterocycles. The number of hydrogen-bond donors (Lipinski definition) is 2. The summed E-state index contributed by atoms with van der Waals surface area (Å²) in [5.74, 6) is -0.120. The Bertz CT molecular complexity index is 1220. The molecular formula is C20H18N6O3. The quantitative estimate of drug-likeness (QED) is 0.675. The number of amides is 1. The first-order valence-corrected chi connectivity index (χ1v) is 8.66. The van der Waals surface area contributed by atoms with E-state index in [0.717, 1.165) is 10.1 Å². The van der Waals surface area contributed by atoms with Crippen LogP contribution in [-0.4, -0.2) is 20.0 Å². The number of nitrogens with zero attached hydrogens (tertiary/aromatic N) is 4. The lowest BCUT2D eigenvalue weighted by atomic mass is 10.2. The molecule has 0 bridgehead atoms. The van der Waals surface area contributed by atoms with Crippen molar-refractivity contribution < 1.29 is 4.79 Å². The molecule has 3 aromatic rings. The van der Waals surface area contributed by atoms with Crippen LogP contribution < -0.4 is 21.9 Å². The van der Waals surface area contributed by atoms with Crippen LogP contribution in [0.15, 0.2) is 58.4 Å². The van der Waals surface area contributed by atoms with Crippen LogP contribution in [-0.2, 0) is 20.6 Å². The van der Waals surface area contributed by atoms with Crippen LogP contribution in [0.3, 0.4) is 0 Å². The number of carbonyl (C=O) groups is 1. The normalized spacial score (nSPS) is 10.2. The highest BCUT2D eigenvalue weighted by molar-refractivity contribution is 6.04. The third kappa shape index (κ3) is 4.06. The van der Waals surface area contributed by atoms with Crippen LogP contribution in [0, 0.1) is 11.3 Å². The fourth-order valence-electron chi connectivity index (χ4n) is 2.80. The van der Waals surface area contributed by atoms with Crippen molar-refractivity contribution in [3.05, 3.63) is 86.3 Å². The lowest BCUT2D eigenvalue weighted by Crippen LogP contribution is -2.39. The number of benzene rings is 1. The summed E-state index contributed by atoms with van der Waals surface area (Å²) in [6.07, 6.45) is 3.08. The number of nitriles is 1. The smallest absolute Gasteiger partial charge is 0.332 e. The summed E-state index contributed by atoms with van der Waals surface area (Å²) >= 11 is 0. The molecule has 29 heavy (non-hydrogen) atoms. The molecule has 2 N–H and O–H groups in total. The molecule has 1 aromatic carbocycles. The van der Waals surface area contributed by atoms with Gasteiger partial charge in [0.15, 0.2) is 5.56 Å². The van der Waals surface area contributed by atoms with Gasteiger partial charge in [0.05, 0.1) is 0 Å². The molecule has 2 heterocycles. The molecule has 1 amide bonds. The number of carbonyl (C=O) groups excluding carboxylic acids is 1. The Morgan fingerprint density at radius 3 is 2.55 bits per heavy atom. The molecule has 146 valence electrons. The van der Waals surface area contributed by atoms with E-state index in [-0.39, 0.29) is 23.8 Å². The highest BCUT2D eigenvalue weighted by atomic mass is 16.2. The first-order chi connectivity index (χ1) is 13.9. The van der Waals surface area contributed by atoms with Crippen molar-refractivity contribution >= 4 is 17.4 Å². The number of nitrogens with one attached hydrogen (secondary N) is 2. The summed E-state index contributed by atoms with van der Waals surface area (Å²) in [6, 6.07) is 12.2. The highest BCUT2D eigenvalue weighted by Crippen LogP contribution is 2.15. The van der Waals surface area contributed by atoms with Gasteiger partial charge in [-0.05, 0) is 29.8 Å². The molecule has 9 nitrogen and oxygen atoms in total. The lowest BCUT2D eigenvalue weighted by molar-refractivity contribution is 0.102. The summed E-state index contributed by atoms with van der Waals surface area (Å²) in [6.45, 7) is 0.244. The molecular weight excluding hydrogens is 372 g/mol. The molecule has 0 radical (unpaired) electrons. The molecule has 9 heteroatoms. The molecule has 0 aliphatic rings. The van der Waals surface area contributed by atoms with Gasteiger partial charge in [-0.1, -0.05) is 12.1 Å². The van der Waals surface area contributed by atoms with Crippen molar-refractivity contribution in [2.24, 2.45) is 14.1 Å². The summed E-state index contributed by atoms with van der Waals surface area (Å²) < 4.78 is 2.11. The maximum atomic E-state index is 12.3. The monoisotopic (exact) mass is 390 g/mol. The lowest BCUT2D eigenvalue weighted by Gasteiger charge is -2.14. The zero-order valence-corrected chi connectivity index (χ0v) is 15.8. The number of anilines is 2. The largest absolute Gasteiger partial charge is 0.366 e. The van der Waals surface area contributed by atoms with Gasteiger partial charge in [0.1, 0.15) is 11.9 Å². The molecule has 3 rings (SSSR count). The van der Waals surface area contributed by atoms with Crippen LogP contribution in [0.4, 0.5) is 11.5 Å². The summed E-state index contributed by atoms with van der Waals surface area (Å²) in [5, 5.41) is 15.1. The van der Waals surface area contributed by atoms with Gasteiger partial charge >= 0.3 is 5.69 Å². The Hall–Kier alpha value is -4.19. The minimum atomic E-state index is -0.656. The Kier molecular flexibility index (Phi) is 5.55. The molecule has 0 saturated carbocycles. The van der Waals surface area contributed by atoms with E-state index >= 15 is 0 Å². The van der Waals surface area contributed by atoms with Crippen LogP contribution in [0.25, 0.3) is 0 Å². The molecule has 0 aliphatic carbocycles. The van der Waals surface area contributed by atoms with E-state index < -0.39 is 11.2 Å². The van der Waals surface area contributed by atoms with E-state index in [4.69, 9.17) is 0 Å². The Morgan fingerprint density at radius 2 is 1.86 bits per heavy atom. The van der Waals surface area contributed by atoms with Crippen molar-refractivity contribution in [2.45, 2.75) is 6.54 Å². The maximum Gasteiger partial charge on any atom is 0.332 e. The van der Waals surface area contributed by atoms with Gasteiger partial charge in [-0.3, -0.25) is 23.7 Å². The molecule has 0 spiro atoms. The summed E-state index contributed by atoms with van der Waals surface area (Å²) in [7, 11) is 2.81. The number of rotatable bonds is 5. The van der Waals surface area contributed by atoms with Crippen LogP contribution in [0.1, 0.15) is 21.5 Å². The Balaban J connectivity index is 1.81. The summed E-state index contributed by atoms with van der Waals surface area (Å²) in [5.41, 5.74) is 0.527. The van der Waals surface area contributed by atoms with Crippen LogP contribution >= 0.6 is 0 Å². The Labute approximate surface area is 165 Å². The number of hydrogen-bond acceptors (Lipinski definition) is 6. The van der Waals surface area contributed by atoms with E-state index in [9.17, 15) is 19.6 Å². The molecule has 0 atom stereocenters. The van der Waals surface area contributed by atoms with E-state index in [1.807, 2.05) is 12.1 Å². The van der Waals surface area contributed by atoms with Gasteiger partial charge in [-0.15, -0.1) is 0 Å². The predicted octanol–water partition coefficient (Wildman–Crippen LogP) is 1.22. The molecule has 0 saturated heterocycles. The molecule has 2 aromatic heterocycles. The van der Waals surface area contributed by atoms with Crippen molar-refractivity contribution in [2.75, 3.05) is 10.6 Å². The van der Waals surface area contributed by atoms with Gasteiger partial charge < -0.3 is 10.6 Å². The minimum absolute atomic E-state index is 0.142. The van der Waals surface area contributed by atoms with Gasteiger partial charge in [0.25, 0.3) is 11.5 Å². The number of pyridine rings is 1. The van der Waals surface area contributed by atoms with E-state index in [1.54, 1.807) is 30.3 Å².